The second-order valence-corrected chi connectivity index (χ2v) is 5.86. The molecule has 1 aromatic carbocycles. The minimum Gasteiger partial charge on any atom is -0.481 e. The Bertz CT molecular complexity index is 494. The number of carboxylic acids is 1. The Balaban J connectivity index is 2.88. The van der Waals surface area contributed by atoms with Crippen LogP contribution in [-0.2, 0) is 9.59 Å². The predicted octanol–water partition coefficient (Wildman–Crippen LogP) is 1.73. The van der Waals surface area contributed by atoms with E-state index in [4.69, 9.17) is 0 Å². The van der Waals surface area contributed by atoms with Gasteiger partial charge in [-0.2, -0.15) is 0 Å². The number of carboxylic acid groups (broad SMARTS) is 1. The highest BCUT2D eigenvalue weighted by Crippen LogP contribution is 2.31. The Morgan fingerprint density at radius 2 is 1.60 bits per heavy atom. The molecular weight excluding hydrogens is 258 g/mol. The highest BCUT2D eigenvalue weighted by molar-refractivity contribution is 5.84. The lowest BCUT2D eigenvalue weighted by Crippen LogP contribution is -2.57. The third kappa shape index (κ3) is 3.17. The molecule has 1 amide bonds. The molecule has 0 aliphatic carbocycles. The number of nitrogens with one attached hydrogen (secondary N) is 1. The molecule has 0 aliphatic rings. The van der Waals surface area contributed by atoms with E-state index < -0.39 is 28.9 Å². The molecule has 0 aliphatic heterocycles. The minimum atomic E-state index is -1.32. The van der Waals surface area contributed by atoms with Gasteiger partial charge in [-0.15, -0.1) is 0 Å². The fourth-order valence-electron chi connectivity index (χ4n) is 1.59. The molecule has 1 aromatic rings. The van der Waals surface area contributed by atoms with E-state index in [2.05, 4.69) is 5.32 Å². The van der Waals surface area contributed by atoms with Gasteiger partial charge in [0.2, 0.25) is 0 Å². The van der Waals surface area contributed by atoms with Crippen molar-refractivity contribution in [2.45, 2.75) is 39.3 Å². The largest absolute Gasteiger partial charge is 0.481 e. The summed E-state index contributed by atoms with van der Waals surface area (Å²) in [6.45, 7) is 6.31. The summed E-state index contributed by atoms with van der Waals surface area (Å²) in [5, 5.41) is 21.8. The summed E-state index contributed by atoms with van der Waals surface area (Å²) >= 11 is 0. The van der Waals surface area contributed by atoms with Crippen molar-refractivity contribution in [2.24, 2.45) is 5.41 Å². The SMILES string of the molecule is CC(C)(NC(=O)C(O)c1ccccc1)C(C)(C)C(=O)O. The van der Waals surface area contributed by atoms with E-state index in [1.54, 1.807) is 44.2 Å². The Morgan fingerprint density at radius 1 is 1.10 bits per heavy atom. The van der Waals surface area contributed by atoms with Crippen LogP contribution in [0.15, 0.2) is 30.3 Å². The maximum absolute atomic E-state index is 12.1. The Hall–Kier alpha value is -1.88. The van der Waals surface area contributed by atoms with Gasteiger partial charge in [0.1, 0.15) is 0 Å². The van der Waals surface area contributed by atoms with Crippen LogP contribution in [0.5, 0.6) is 0 Å². The maximum Gasteiger partial charge on any atom is 0.311 e. The standard InChI is InChI=1S/C15H21NO4/c1-14(2,13(19)20)15(3,4)16-12(18)11(17)10-8-6-5-7-9-10/h5-9,11,17H,1-4H3,(H,16,18)(H,19,20). The molecule has 5 heteroatoms. The minimum absolute atomic E-state index is 0.467. The first-order valence-corrected chi connectivity index (χ1v) is 6.38. The summed E-state index contributed by atoms with van der Waals surface area (Å²) in [5.74, 6) is -1.63. The van der Waals surface area contributed by atoms with Crippen molar-refractivity contribution >= 4 is 11.9 Å². The van der Waals surface area contributed by atoms with Gasteiger partial charge in [-0.3, -0.25) is 9.59 Å². The number of carbonyl (C=O) groups excluding carboxylic acids is 1. The maximum atomic E-state index is 12.1. The van der Waals surface area contributed by atoms with Crippen molar-refractivity contribution < 1.29 is 19.8 Å². The molecule has 0 radical (unpaired) electrons. The number of amides is 1. The summed E-state index contributed by atoms with van der Waals surface area (Å²) in [6.07, 6.45) is -1.32. The van der Waals surface area contributed by atoms with Gasteiger partial charge in [-0.05, 0) is 33.3 Å². The highest BCUT2D eigenvalue weighted by atomic mass is 16.4. The van der Waals surface area contributed by atoms with Gasteiger partial charge < -0.3 is 15.5 Å². The molecule has 0 aromatic heterocycles. The first-order valence-electron chi connectivity index (χ1n) is 6.38. The van der Waals surface area contributed by atoms with Crippen LogP contribution >= 0.6 is 0 Å². The summed E-state index contributed by atoms with van der Waals surface area (Å²) in [5.41, 5.74) is -1.71. The van der Waals surface area contributed by atoms with Crippen molar-refractivity contribution in [3.63, 3.8) is 0 Å². The zero-order valence-electron chi connectivity index (χ0n) is 12.2. The second-order valence-electron chi connectivity index (χ2n) is 5.86. The molecule has 0 bridgehead atoms. The lowest BCUT2D eigenvalue weighted by molar-refractivity contribution is -0.152. The van der Waals surface area contributed by atoms with E-state index in [0.29, 0.717) is 5.56 Å². The smallest absolute Gasteiger partial charge is 0.311 e. The van der Waals surface area contributed by atoms with E-state index in [1.807, 2.05) is 0 Å². The topological polar surface area (TPSA) is 86.6 Å². The van der Waals surface area contributed by atoms with Crippen LogP contribution < -0.4 is 5.32 Å². The predicted molar refractivity (Wildman–Crippen MR) is 75.0 cm³/mol. The van der Waals surface area contributed by atoms with E-state index in [0.717, 1.165) is 0 Å². The second kappa shape index (κ2) is 5.63. The number of aliphatic carboxylic acids is 1. The van der Waals surface area contributed by atoms with Gasteiger partial charge >= 0.3 is 5.97 Å². The number of aliphatic hydroxyl groups is 1. The number of rotatable bonds is 5. The zero-order chi connectivity index (χ0) is 15.6. The molecule has 0 fully saturated rings. The van der Waals surface area contributed by atoms with Crippen molar-refractivity contribution in [2.75, 3.05) is 0 Å². The number of hydrogen-bond donors (Lipinski definition) is 3. The first-order chi connectivity index (χ1) is 9.09. The van der Waals surface area contributed by atoms with Gasteiger partial charge in [-0.1, -0.05) is 30.3 Å². The van der Waals surface area contributed by atoms with Gasteiger partial charge in [0, 0.05) is 0 Å². The Kier molecular flexibility index (Phi) is 4.55. The summed E-state index contributed by atoms with van der Waals surface area (Å²) < 4.78 is 0. The molecule has 20 heavy (non-hydrogen) atoms. The number of carbonyl (C=O) groups is 2. The molecule has 0 saturated carbocycles. The third-order valence-corrected chi connectivity index (χ3v) is 3.90. The molecular formula is C15H21NO4. The monoisotopic (exact) mass is 279 g/mol. The fourth-order valence-corrected chi connectivity index (χ4v) is 1.59. The molecule has 0 saturated heterocycles. The van der Waals surface area contributed by atoms with Crippen LogP contribution in [0.1, 0.15) is 39.4 Å². The highest BCUT2D eigenvalue weighted by Gasteiger charge is 2.45. The van der Waals surface area contributed by atoms with Crippen molar-refractivity contribution in [1.82, 2.24) is 5.32 Å². The third-order valence-electron chi connectivity index (χ3n) is 3.90. The molecule has 110 valence electrons. The Morgan fingerprint density at radius 3 is 2.05 bits per heavy atom. The van der Waals surface area contributed by atoms with Crippen molar-refractivity contribution in [1.29, 1.82) is 0 Å². The van der Waals surface area contributed by atoms with E-state index in [1.165, 1.54) is 13.8 Å². The molecule has 3 N–H and O–H groups in total. The lowest BCUT2D eigenvalue weighted by atomic mass is 9.74. The lowest BCUT2D eigenvalue weighted by Gasteiger charge is -2.39. The summed E-state index contributed by atoms with van der Waals surface area (Å²) in [6, 6.07) is 8.50. The molecule has 1 unspecified atom stereocenters. The van der Waals surface area contributed by atoms with E-state index in [-0.39, 0.29) is 0 Å². The fraction of sp³-hybridized carbons (Fsp3) is 0.467. The number of benzene rings is 1. The summed E-state index contributed by atoms with van der Waals surface area (Å²) in [4.78, 5) is 23.3. The Labute approximate surface area is 118 Å². The first kappa shape index (κ1) is 16.2. The van der Waals surface area contributed by atoms with Crippen LogP contribution in [0.3, 0.4) is 0 Å². The molecule has 5 nitrogen and oxygen atoms in total. The van der Waals surface area contributed by atoms with Crippen LogP contribution in [-0.4, -0.2) is 27.6 Å². The van der Waals surface area contributed by atoms with Gasteiger partial charge in [-0.25, -0.2) is 0 Å². The van der Waals surface area contributed by atoms with Crippen molar-refractivity contribution in [3.05, 3.63) is 35.9 Å². The van der Waals surface area contributed by atoms with Crippen LogP contribution in [0.2, 0.25) is 0 Å². The average Bonchev–Trinajstić information content (AvgIpc) is 2.37. The molecule has 1 atom stereocenters. The number of hydrogen-bond acceptors (Lipinski definition) is 3. The van der Waals surface area contributed by atoms with Crippen molar-refractivity contribution in [3.8, 4) is 0 Å². The van der Waals surface area contributed by atoms with Gasteiger partial charge in [0.15, 0.2) is 6.10 Å². The molecule has 1 rings (SSSR count). The molecule has 0 heterocycles. The normalized spacial score (nSPS) is 13.7. The number of aliphatic hydroxyl groups excluding tert-OH is 1. The average molecular weight is 279 g/mol. The van der Waals surface area contributed by atoms with Crippen LogP contribution in [0, 0.1) is 5.41 Å². The van der Waals surface area contributed by atoms with Gasteiger partial charge in [0.05, 0.1) is 11.0 Å². The van der Waals surface area contributed by atoms with Crippen LogP contribution in [0.4, 0.5) is 0 Å². The van der Waals surface area contributed by atoms with E-state index in [9.17, 15) is 19.8 Å². The van der Waals surface area contributed by atoms with Gasteiger partial charge in [0.25, 0.3) is 5.91 Å². The summed E-state index contributed by atoms with van der Waals surface area (Å²) in [7, 11) is 0. The zero-order valence-corrected chi connectivity index (χ0v) is 12.2. The quantitative estimate of drug-likeness (QED) is 0.766. The van der Waals surface area contributed by atoms with Crippen LogP contribution in [0.25, 0.3) is 0 Å². The van der Waals surface area contributed by atoms with E-state index >= 15 is 0 Å². The molecule has 0 spiro atoms.